The molecule has 1 aliphatic rings. The number of aliphatic hydroxyl groups excluding tert-OH is 1. The predicted molar refractivity (Wildman–Crippen MR) is 122 cm³/mol. The fourth-order valence-corrected chi connectivity index (χ4v) is 4.27. The van der Waals surface area contributed by atoms with Gasteiger partial charge in [0.15, 0.2) is 11.5 Å². The van der Waals surface area contributed by atoms with Gasteiger partial charge in [-0.25, -0.2) is 0 Å². The van der Waals surface area contributed by atoms with E-state index in [1.165, 1.54) is 6.42 Å². The maximum atomic E-state index is 13.2. The van der Waals surface area contributed by atoms with E-state index in [-0.39, 0.29) is 43.0 Å². The molecule has 3 N–H and O–H groups in total. The third kappa shape index (κ3) is 5.54. The molecule has 1 aliphatic carbocycles. The van der Waals surface area contributed by atoms with Crippen molar-refractivity contribution in [2.75, 3.05) is 13.2 Å². The van der Waals surface area contributed by atoms with Gasteiger partial charge < -0.3 is 15.7 Å². The van der Waals surface area contributed by atoms with Crippen LogP contribution in [0.1, 0.15) is 63.4 Å². The van der Waals surface area contributed by atoms with Crippen molar-refractivity contribution >= 4 is 28.5 Å². The molecule has 1 heterocycles. The number of aliphatic hydroxyl groups is 1. The number of carbonyl (C=O) groups is 3. The highest BCUT2D eigenvalue weighted by atomic mass is 16.3. The van der Waals surface area contributed by atoms with E-state index in [0.29, 0.717) is 5.39 Å². The van der Waals surface area contributed by atoms with Crippen LogP contribution in [0.2, 0.25) is 0 Å². The van der Waals surface area contributed by atoms with Gasteiger partial charge in [0.2, 0.25) is 5.91 Å². The van der Waals surface area contributed by atoms with Crippen molar-refractivity contribution in [3.63, 3.8) is 0 Å². The number of benzene rings is 1. The largest absolute Gasteiger partial charge is 0.395 e. The molecule has 174 valence electrons. The van der Waals surface area contributed by atoms with Crippen LogP contribution in [0.15, 0.2) is 24.3 Å². The van der Waals surface area contributed by atoms with Gasteiger partial charge in [0.1, 0.15) is 12.6 Å². The lowest BCUT2D eigenvalue weighted by Gasteiger charge is -2.30. The highest BCUT2D eigenvalue weighted by Crippen LogP contribution is 2.26. The van der Waals surface area contributed by atoms with Crippen LogP contribution in [0.4, 0.5) is 0 Å². The number of ketones is 1. The molecular formula is C24H34N4O4. The number of hydrogen-bond acceptors (Lipinski definition) is 5. The first kappa shape index (κ1) is 23.9. The van der Waals surface area contributed by atoms with Gasteiger partial charge in [-0.3, -0.25) is 19.1 Å². The number of rotatable bonds is 8. The molecule has 1 aromatic heterocycles. The number of Topliss-reactive ketones (excluding diaryl/α,β-unsaturated/α-hetero) is 1. The minimum absolute atomic E-state index is 0.0597. The molecule has 0 saturated heterocycles. The van der Waals surface area contributed by atoms with Crippen LogP contribution in [0, 0.1) is 11.3 Å². The molecule has 2 amide bonds. The van der Waals surface area contributed by atoms with Crippen molar-refractivity contribution in [1.82, 2.24) is 20.4 Å². The number of nitrogens with zero attached hydrogens (tertiary/aromatic N) is 2. The minimum atomic E-state index is -0.811. The van der Waals surface area contributed by atoms with E-state index in [1.807, 2.05) is 39.0 Å². The van der Waals surface area contributed by atoms with E-state index < -0.39 is 17.4 Å². The molecule has 2 aromatic rings. The molecule has 8 nitrogen and oxygen atoms in total. The number of aromatic nitrogens is 2. The first-order valence-corrected chi connectivity index (χ1v) is 11.4. The smallest absolute Gasteiger partial charge is 0.273 e. The number of amides is 2. The molecule has 1 fully saturated rings. The molecule has 0 radical (unpaired) electrons. The Bertz CT molecular complexity index is 970. The average molecular weight is 443 g/mol. The molecule has 0 bridgehead atoms. The molecule has 1 atom stereocenters. The Hall–Kier alpha value is -2.74. The summed E-state index contributed by atoms with van der Waals surface area (Å²) in [7, 11) is 0. The predicted octanol–water partition coefficient (Wildman–Crippen LogP) is 2.44. The highest BCUT2D eigenvalue weighted by Gasteiger charge is 2.34. The molecule has 1 aromatic carbocycles. The second-order valence-corrected chi connectivity index (χ2v) is 9.61. The standard InChI is InChI=1S/C24H34N4O4/c1-24(2,3)21(23(32)25-13-14-29)26-22(31)20-17-11-7-8-12-18(17)28(27-20)15-19(30)16-9-5-4-6-10-16/h7-8,11-12,16,21,29H,4-6,9-10,13-15H2,1-3H3,(H,25,32)(H,26,31)/t21-/m1/s1. The van der Waals surface area contributed by atoms with Crippen molar-refractivity contribution in [3.8, 4) is 0 Å². The van der Waals surface area contributed by atoms with Gasteiger partial charge in [0, 0.05) is 17.8 Å². The van der Waals surface area contributed by atoms with Crippen molar-refractivity contribution in [1.29, 1.82) is 0 Å². The average Bonchev–Trinajstić information content (AvgIpc) is 3.14. The first-order valence-electron chi connectivity index (χ1n) is 11.4. The van der Waals surface area contributed by atoms with Crippen LogP contribution in [-0.2, 0) is 16.1 Å². The van der Waals surface area contributed by atoms with E-state index in [1.54, 1.807) is 10.7 Å². The minimum Gasteiger partial charge on any atom is -0.395 e. The number of hydrogen-bond donors (Lipinski definition) is 3. The Morgan fingerprint density at radius 3 is 2.50 bits per heavy atom. The molecule has 8 heteroatoms. The summed E-state index contributed by atoms with van der Waals surface area (Å²) >= 11 is 0. The summed E-state index contributed by atoms with van der Waals surface area (Å²) in [6, 6.07) is 6.52. The van der Waals surface area contributed by atoms with Crippen molar-refractivity contribution in [2.24, 2.45) is 11.3 Å². The summed E-state index contributed by atoms with van der Waals surface area (Å²) in [5.41, 5.74) is 0.366. The summed E-state index contributed by atoms with van der Waals surface area (Å²) in [6.45, 7) is 5.64. The quantitative estimate of drug-likeness (QED) is 0.581. The normalized spacial score (nSPS) is 16.0. The maximum absolute atomic E-state index is 13.2. The van der Waals surface area contributed by atoms with Gasteiger partial charge in [0.25, 0.3) is 5.91 Å². The molecule has 3 rings (SSSR count). The van der Waals surface area contributed by atoms with Crippen LogP contribution >= 0.6 is 0 Å². The zero-order chi connectivity index (χ0) is 23.3. The van der Waals surface area contributed by atoms with Crippen molar-refractivity contribution in [2.45, 2.75) is 65.5 Å². The topological polar surface area (TPSA) is 113 Å². The summed E-state index contributed by atoms with van der Waals surface area (Å²) in [6.07, 6.45) is 5.18. The van der Waals surface area contributed by atoms with Gasteiger partial charge in [-0.05, 0) is 24.3 Å². The van der Waals surface area contributed by atoms with Crippen LogP contribution in [-0.4, -0.2) is 51.7 Å². The Kier molecular flexibility index (Phi) is 7.66. The van der Waals surface area contributed by atoms with Gasteiger partial charge >= 0.3 is 0 Å². The van der Waals surface area contributed by atoms with E-state index in [0.717, 1.165) is 31.2 Å². The molecule has 0 aliphatic heterocycles. The summed E-state index contributed by atoms with van der Waals surface area (Å²) < 4.78 is 1.61. The summed E-state index contributed by atoms with van der Waals surface area (Å²) in [5, 5.41) is 19.6. The molecule has 0 unspecified atom stereocenters. The Morgan fingerprint density at radius 2 is 1.84 bits per heavy atom. The second-order valence-electron chi connectivity index (χ2n) is 9.61. The first-order chi connectivity index (χ1) is 15.2. The van der Waals surface area contributed by atoms with Gasteiger partial charge in [-0.15, -0.1) is 0 Å². The van der Waals surface area contributed by atoms with Crippen LogP contribution in [0.5, 0.6) is 0 Å². The number of fused-ring (bicyclic) bond motifs is 1. The number of carbonyl (C=O) groups excluding carboxylic acids is 3. The van der Waals surface area contributed by atoms with E-state index in [2.05, 4.69) is 15.7 Å². The van der Waals surface area contributed by atoms with Gasteiger partial charge in [-0.1, -0.05) is 58.2 Å². The number of nitrogens with one attached hydrogen (secondary N) is 2. The third-order valence-corrected chi connectivity index (χ3v) is 6.05. The van der Waals surface area contributed by atoms with Crippen molar-refractivity contribution in [3.05, 3.63) is 30.0 Å². The maximum Gasteiger partial charge on any atom is 0.273 e. The van der Waals surface area contributed by atoms with Crippen LogP contribution in [0.3, 0.4) is 0 Å². The van der Waals surface area contributed by atoms with Gasteiger partial charge in [0.05, 0.1) is 12.1 Å². The zero-order valence-corrected chi connectivity index (χ0v) is 19.2. The fraction of sp³-hybridized carbons (Fsp3) is 0.583. The van der Waals surface area contributed by atoms with E-state index in [4.69, 9.17) is 5.11 Å². The third-order valence-electron chi connectivity index (χ3n) is 6.05. The van der Waals surface area contributed by atoms with Crippen LogP contribution < -0.4 is 10.6 Å². The number of para-hydroxylation sites is 1. The molecule has 1 saturated carbocycles. The highest BCUT2D eigenvalue weighted by molar-refractivity contribution is 6.06. The van der Waals surface area contributed by atoms with Gasteiger partial charge in [-0.2, -0.15) is 5.10 Å². The molecule has 32 heavy (non-hydrogen) atoms. The van der Waals surface area contributed by atoms with E-state index in [9.17, 15) is 14.4 Å². The Morgan fingerprint density at radius 1 is 1.16 bits per heavy atom. The molecular weight excluding hydrogens is 408 g/mol. The lowest BCUT2D eigenvalue weighted by atomic mass is 9.86. The lowest BCUT2D eigenvalue weighted by Crippen LogP contribution is -2.54. The lowest BCUT2D eigenvalue weighted by molar-refractivity contribution is -0.125. The second kappa shape index (κ2) is 10.3. The van der Waals surface area contributed by atoms with Crippen LogP contribution in [0.25, 0.3) is 10.9 Å². The summed E-state index contributed by atoms with van der Waals surface area (Å²) in [5.74, 6) is -0.620. The SMILES string of the molecule is CC(C)(C)[C@H](NC(=O)c1nn(CC(=O)C2CCCCC2)c2ccccc12)C(=O)NCCO. The monoisotopic (exact) mass is 442 g/mol. The van der Waals surface area contributed by atoms with Crippen molar-refractivity contribution < 1.29 is 19.5 Å². The molecule has 0 spiro atoms. The zero-order valence-electron chi connectivity index (χ0n) is 19.2. The Balaban J connectivity index is 1.85. The summed E-state index contributed by atoms with van der Waals surface area (Å²) in [4.78, 5) is 38.6. The Labute approximate surface area is 188 Å². The fourth-order valence-electron chi connectivity index (χ4n) is 4.27. The van der Waals surface area contributed by atoms with E-state index >= 15 is 0 Å².